The molecule has 1 heterocycles. The summed E-state index contributed by atoms with van der Waals surface area (Å²) in [7, 11) is 0. The van der Waals surface area contributed by atoms with Crippen LogP contribution in [0, 0.1) is 0 Å². The summed E-state index contributed by atoms with van der Waals surface area (Å²) in [4.78, 5) is 12.8. The monoisotopic (exact) mass is 402 g/mol. The first-order valence-corrected chi connectivity index (χ1v) is 10.2. The second kappa shape index (κ2) is 8.54. The van der Waals surface area contributed by atoms with E-state index in [4.69, 9.17) is 11.6 Å². The van der Waals surface area contributed by atoms with Gasteiger partial charge in [-0.1, -0.05) is 61.0 Å². The normalized spacial score (nSPS) is 12.1. The number of hydrogen-bond acceptors (Lipinski definition) is 1. The summed E-state index contributed by atoms with van der Waals surface area (Å²) in [5.41, 5.74) is 4.09. The van der Waals surface area contributed by atoms with E-state index < -0.39 is 0 Å². The molecule has 3 aromatic carbocycles. The molecular weight excluding hydrogens is 380 g/mol. The molecule has 4 rings (SSSR count). The molecule has 4 heteroatoms. The van der Waals surface area contributed by atoms with Crippen molar-refractivity contribution in [3.8, 4) is 0 Å². The van der Waals surface area contributed by atoms with Crippen LogP contribution in [0.1, 0.15) is 40.9 Å². The van der Waals surface area contributed by atoms with Gasteiger partial charge in [-0.15, -0.1) is 0 Å². The number of rotatable bonds is 6. The smallest absolute Gasteiger partial charge is 0.251 e. The maximum Gasteiger partial charge on any atom is 0.251 e. The lowest BCUT2D eigenvalue weighted by Gasteiger charge is -2.17. The van der Waals surface area contributed by atoms with E-state index in [1.54, 1.807) is 0 Å². The minimum absolute atomic E-state index is 0.00824. The summed E-state index contributed by atoms with van der Waals surface area (Å²) in [6.45, 7) is 2.84. The van der Waals surface area contributed by atoms with Crippen LogP contribution < -0.4 is 5.32 Å². The van der Waals surface area contributed by atoms with Crippen molar-refractivity contribution in [3.05, 3.63) is 107 Å². The third kappa shape index (κ3) is 4.36. The van der Waals surface area contributed by atoms with Crippen molar-refractivity contribution in [2.24, 2.45) is 0 Å². The van der Waals surface area contributed by atoms with Gasteiger partial charge in [0, 0.05) is 34.2 Å². The van der Waals surface area contributed by atoms with Gasteiger partial charge < -0.3 is 9.88 Å². The molecule has 0 saturated heterocycles. The molecule has 0 aliphatic rings. The third-order valence-corrected chi connectivity index (χ3v) is 5.47. The molecule has 1 unspecified atom stereocenters. The Labute approximate surface area is 175 Å². The zero-order valence-corrected chi connectivity index (χ0v) is 17.1. The van der Waals surface area contributed by atoms with Gasteiger partial charge in [0.05, 0.1) is 6.04 Å². The highest BCUT2D eigenvalue weighted by atomic mass is 35.5. The lowest BCUT2D eigenvalue weighted by Crippen LogP contribution is -2.28. The Morgan fingerprint density at radius 2 is 1.76 bits per heavy atom. The molecule has 1 amide bonds. The van der Waals surface area contributed by atoms with Crippen molar-refractivity contribution in [2.45, 2.75) is 25.9 Å². The Balaban J connectivity index is 1.53. The molecule has 0 bridgehead atoms. The van der Waals surface area contributed by atoms with E-state index in [9.17, 15) is 4.79 Å². The molecule has 1 N–H and O–H groups in total. The molecule has 1 aromatic heterocycles. The molecule has 0 aliphatic carbocycles. The topological polar surface area (TPSA) is 34.0 Å². The minimum Gasteiger partial charge on any atom is -0.345 e. The standard InChI is InChI=1S/C25H23ClN2O/c1-2-23(19-6-4-3-5-7-19)27-25(29)21-10-13-24-20(16-21)14-15-28(24)17-18-8-11-22(26)12-9-18/h3-16,23H,2,17H2,1H3,(H,27,29). The molecule has 0 saturated carbocycles. The van der Waals surface area contributed by atoms with Crippen LogP contribution in [0.15, 0.2) is 85.1 Å². The summed E-state index contributed by atoms with van der Waals surface area (Å²) in [5.74, 6) is -0.0481. The van der Waals surface area contributed by atoms with E-state index in [1.807, 2.05) is 60.7 Å². The predicted octanol–water partition coefficient (Wildman–Crippen LogP) is 6.22. The Hall–Kier alpha value is -3.04. The molecular formula is C25H23ClN2O. The van der Waals surface area contributed by atoms with E-state index in [0.717, 1.165) is 34.5 Å². The van der Waals surface area contributed by atoms with Crippen molar-refractivity contribution in [1.29, 1.82) is 0 Å². The van der Waals surface area contributed by atoms with Crippen LogP contribution in [0.3, 0.4) is 0 Å². The molecule has 4 aromatic rings. The van der Waals surface area contributed by atoms with Gasteiger partial charge in [-0.05, 0) is 53.9 Å². The van der Waals surface area contributed by atoms with Crippen LogP contribution in [-0.2, 0) is 6.54 Å². The Kier molecular flexibility index (Phi) is 5.68. The van der Waals surface area contributed by atoms with Gasteiger partial charge in [-0.3, -0.25) is 4.79 Å². The molecule has 0 fully saturated rings. The average molecular weight is 403 g/mol. The van der Waals surface area contributed by atoms with Crippen molar-refractivity contribution < 1.29 is 4.79 Å². The Morgan fingerprint density at radius 3 is 2.48 bits per heavy atom. The van der Waals surface area contributed by atoms with Crippen molar-refractivity contribution in [1.82, 2.24) is 9.88 Å². The quantitative estimate of drug-likeness (QED) is 0.408. The van der Waals surface area contributed by atoms with E-state index in [2.05, 4.69) is 41.2 Å². The molecule has 1 atom stereocenters. The first-order chi connectivity index (χ1) is 14.1. The molecule has 146 valence electrons. The van der Waals surface area contributed by atoms with Gasteiger partial charge in [-0.25, -0.2) is 0 Å². The van der Waals surface area contributed by atoms with Gasteiger partial charge in [0.15, 0.2) is 0 Å². The number of aromatic nitrogens is 1. The maximum absolute atomic E-state index is 12.8. The third-order valence-electron chi connectivity index (χ3n) is 5.21. The Bertz CT molecular complexity index is 1120. The second-order valence-electron chi connectivity index (χ2n) is 7.19. The highest BCUT2D eigenvalue weighted by molar-refractivity contribution is 6.30. The molecule has 0 spiro atoms. The van der Waals surface area contributed by atoms with E-state index in [-0.39, 0.29) is 11.9 Å². The highest BCUT2D eigenvalue weighted by Crippen LogP contribution is 2.21. The van der Waals surface area contributed by atoms with Gasteiger partial charge >= 0.3 is 0 Å². The van der Waals surface area contributed by atoms with Crippen LogP contribution >= 0.6 is 11.6 Å². The first-order valence-electron chi connectivity index (χ1n) is 9.83. The number of nitrogens with one attached hydrogen (secondary N) is 1. The number of carbonyl (C=O) groups is 1. The fourth-order valence-corrected chi connectivity index (χ4v) is 3.74. The predicted molar refractivity (Wildman–Crippen MR) is 119 cm³/mol. The number of nitrogens with zero attached hydrogens (tertiary/aromatic N) is 1. The number of carbonyl (C=O) groups excluding carboxylic acids is 1. The van der Waals surface area contributed by atoms with E-state index >= 15 is 0 Å². The fourth-order valence-electron chi connectivity index (χ4n) is 3.61. The van der Waals surface area contributed by atoms with Gasteiger partial charge in [0.2, 0.25) is 0 Å². The van der Waals surface area contributed by atoms with Gasteiger partial charge in [0.25, 0.3) is 5.91 Å². The van der Waals surface area contributed by atoms with E-state index in [0.29, 0.717) is 5.56 Å². The largest absolute Gasteiger partial charge is 0.345 e. The lowest BCUT2D eigenvalue weighted by atomic mass is 10.0. The minimum atomic E-state index is -0.0481. The molecule has 0 radical (unpaired) electrons. The summed E-state index contributed by atoms with van der Waals surface area (Å²) in [6.07, 6.45) is 2.90. The van der Waals surface area contributed by atoms with Crippen LogP contribution in [0.25, 0.3) is 10.9 Å². The first kappa shape index (κ1) is 19.3. The number of halogens is 1. The van der Waals surface area contributed by atoms with Gasteiger partial charge in [0.1, 0.15) is 0 Å². The second-order valence-corrected chi connectivity index (χ2v) is 7.63. The summed E-state index contributed by atoms with van der Waals surface area (Å²) >= 11 is 5.98. The maximum atomic E-state index is 12.8. The SMILES string of the molecule is CCC(NC(=O)c1ccc2c(ccn2Cc2ccc(Cl)cc2)c1)c1ccccc1. The fraction of sp³-hybridized carbons (Fsp3) is 0.160. The zero-order chi connectivity index (χ0) is 20.2. The van der Waals surface area contributed by atoms with Crippen molar-refractivity contribution >= 4 is 28.4 Å². The Morgan fingerprint density at radius 1 is 1.00 bits per heavy atom. The van der Waals surface area contributed by atoms with Crippen molar-refractivity contribution in [2.75, 3.05) is 0 Å². The van der Waals surface area contributed by atoms with E-state index in [1.165, 1.54) is 5.56 Å². The zero-order valence-electron chi connectivity index (χ0n) is 16.3. The highest BCUT2D eigenvalue weighted by Gasteiger charge is 2.15. The number of benzene rings is 3. The lowest BCUT2D eigenvalue weighted by molar-refractivity contribution is 0.0935. The van der Waals surface area contributed by atoms with Crippen molar-refractivity contribution in [3.63, 3.8) is 0 Å². The van der Waals surface area contributed by atoms with Crippen LogP contribution in [0.5, 0.6) is 0 Å². The number of fused-ring (bicyclic) bond motifs is 1. The van der Waals surface area contributed by atoms with Gasteiger partial charge in [-0.2, -0.15) is 0 Å². The summed E-state index contributed by atoms with van der Waals surface area (Å²) in [5, 5.41) is 4.95. The average Bonchev–Trinajstić information content (AvgIpc) is 3.16. The molecule has 3 nitrogen and oxygen atoms in total. The van der Waals surface area contributed by atoms with Crippen LogP contribution in [0.2, 0.25) is 5.02 Å². The van der Waals surface area contributed by atoms with Crippen LogP contribution in [0.4, 0.5) is 0 Å². The van der Waals surface area contributed by atoms with Crippen LogP contribution in [-0.4, -0.2) is 10.5 Å². The molecule has 0 aliphatic heterocycles. The summed E-state index contributed by atoms with van der Waals surface area (Å²) in [6, 6.07) is 25.9. The summed E-state index contributed by atoms with van der Waals surface area (Å²) < 4.78 is 2.18. The molecule has 29 heavy (non-hydrogen) atoms. The number of amides is 1. The number of hydrogen-bond donors (Lipinski definition) is 1.